The van der Waals surface area contributed by atoms with Crippen LogP contribution in [0, 0.1) is 0 Å². The quantitative estimate of drug-likeness (QED) is 0.456. The molecule has 0 radical (unpaired) electrons. The molecule has 0 spiro atoms. The van der Waals surface area contributed by atoms with E-state index in [1.165, 1.54) is 0 Å². The molecule has 3 amide bonds. The maximum atomic E-state index is 12.3. The second-order valence-corrected chi connectivity index (χ2v) is 6.34. The Balaban J connectivity index is 1.85. The Morgan fingerprint density at radius 2 is 1.43 bits per heavy atom. The Kier molecular flexibility index (Phi) is 8.85. The average molecular weight is 413 g/mol. The largest absolute Gasteiger partial charge is 0.480 e. The van der Waals surface area contributed by atoms with Gasteiger partial charge in [-0.15, -0.1) is 0 Å². The first kappa shape index (κ1) is 22.4. The molecule has 0 aliphatic carbocycles. The molecule has 2 rings (SSSR count). The first-order valence-electron chi connectivity index (χ1n) is 9.21. The molecule has 0 saturated heterocycles. The number of aliphatic carboxylic acids is 1. The van der Waals surface area contributed by atoms with Crippen LogP contribution in [0.15, 0.2) is 60.7 Å². The summed E-state index contributed by atoms with van der Waals surface area (Å²) in [5.74, 6) is -2.45. The highest BCUT2D eigenvalue weighted by Crippen LogP contribution is 2.04. The summed E-state index contributed by atoms with van der Waals surface area (Å²) >= 11 is 0. The second kappa shape index (κ2) is 11.8. The van der Waals surface area contributed by atoms with Crippen molar-refractivity contribution in [2.24, 2.45) is 0 Å². The van der Waals surface area contributed by atoms with E-state index < -0.39 is 43.0 Å². The van der Waals surface area contributed by atoms with Crippen LogP contribution in [0.25, 0.3) is 0 Å². The summed E-state index contributed by atoms with van der Waals surface area (Å²) in [4.78, 5) is 46.9. The van der Waals surface area contributed by atoms with Crippen LogP contribution in [0.4, 0.5) is 4.79 Å². The van der Waals surface area contributed by atoms with E-state index in [9.17, 15) is 19.2 Å². The fourth-order valence-corrected chi connectivity index (χ4v) is 2.52. The van der Waals surface area contributed by atoms with Gasteiger partial charge in [0.05, 0.1) is 0 Å². The number of ether oxygens (including phenoxy) is 1. The summed E-state index contributed by atoms with van der Waals surface area (Å²) in [5.41, 5.74) is 1.58. The number of amides is 3. The van der Waals surface area contributed by atoms with Crippen LogP contribution in [-0.2, 0) is 32.1 Å². The molecule has 2 aromatic rings. The Bertz CT molecular complexity index is 858. The third kappa shape index (κ3) is 8.42. The van der Waals surface area contributed by atoms with E-state index in [4.69, 9.17) is 9.84 Å². The zero-order valence-electron chi connectivity index (χ0n) is 16.2. The summed E-state index contributed by atoms with van der Waals surface area (Å²) in [6.07, 6.45) is -0.611. The highest BCUT2D eigenvalue weighted by molar-refractivity contribution is 5.90. The summed E-state index contributed by atoms with van der Waals surface area (Å²) in [7, 11) is 0. The van der Waals surface area contributed by atoms with Gasteiger partial charge in [0.15, 0.2) is 0 Å². The molecule has 1 atom stereocenters. The molecule has 30 heavy (non-hydrogen) atoms. The Labute approximate surface area is 173 Å². The number of rotatable bonds is 10. The summed E-state index contributed by atoms with van der Waals surface area (Å²) < 4.78 is 5.02. The van der Waals surface area contributed by atoms with Crippen molar-refractivity contribution in [3.8, 4) is 0 Å². The third-order valence-electron chi connectivity index (χ3n) is 3.95. The van der Waals surface area contributed by atoms with Gasteiger partial charge in [0.2, 0.25) is 11.8 Å². The number of benzene rings is 2. The van der Waals surface area contributed by atoms with Gasteiger partial charge in [-0.05, 0) is 11.1 Å². The van der Waals surface area contributed by atoms with E-state index >= 15 is 0 Å². The normalized spacial score (nSPS) is 11.1. The molecule has 2 aromatic carbocycles. The number of carbonyl (C=O) groups is 4. The highest BCUT2D eigenvalue weighted by atomic mass is 16.5. The number of hydrogen-bond acceptors (Lipinski definition) is 5. The van der Waals surface area contributed by atoms with Gasteiger partial charge in [-0.25, -0.2) is 4.79 Å². The Morgan fingerprint density at radius 3 is 2.03 bits per heavy atom. The molecule has 158 valence electrons. The minimum absolute atomic E-state index is 0.0581. The van der Waals surface area contributed by atoms with Gasteiger partial charge in [-0.2, -0.15) is 0 Å². The van der Waals surface area contributed by atoms with Crippen molar-refractivity contribution in [3.05, 3.63) is 71.8 Å². The molecule has 0 saturated carbocycles. The minimum atomic E-state index is -1.20. The molecule has 0 fully saturated rings. The first-order chi connectivity index (χ1) is 14.4. The second-order valence-electron chi connectivity index (χ2n) is 6.34. The molecule has 9 nitrogen and oxygen atoms in total. The number of hydrogen-bond donors (Lipinski definition) is 4. The molecule has 0 heterocycles. The molecule has 4 N–H and O–H groups in total. The highest BCUT2D eigenvalue weighted by Gasteiger charge is 2.22. The predicted molar refractivity (Wildman–Crippen MR) is 107 cm³/mol. The zero-order valence-corrected chi connectivity index (χ0v) is 16.2. The average Bonchev–Trinajstić information content (AvgIpc) is 2.75. The van der Waals surface area contributed by atoms with Crippen LogP contribution in [0.1, 0.15) is 11.1 Å². The van der Waals surface area contributed by atoms with Crippen LogP contribution in [0.3, 0.4) is 0 Å². The lowest BCUT2D eigenvalue weighted by Gasteiger charge is -2.18. The molecule has 0 aliphatic heterocycles. The van der Waals surface area contributed by atoms with Crippen LogP contribution in [0.2, 0.25) is 0 Å². The maximum absolute atomic E-state index is 12.3. The lowest BCUT2D eigenvalue weighted by atomic mass is 10.1. The van der Waals surface area contributed by atoms with Crippen LogP contribution < -0.4 is 16.0 Å². The van der Waals surface area contributed by atoms with E-state index in [0.29, 0.717) is 0 Å². The van der Waals surface area contributed by atoms with Crippen molar-refractivity contribution in [3.63, 3.8) is 0 Å². The molecular formula is C21H23N3O6. The van der Waals surface area contributed by atoms with Gasteiger partial charge in [0.25, 0.3) is 0 Å². The standard InChI is InChI=1S/C21H23N3O6/c25-18(12-23-21(29)30-14-16-9-5-2-6-10-16)24-17(20(28)22-13-19(26)27)11-15-7-3-1-4-8-15/h1-10,17H,11-14H2,(H,22,28)(H,23,29)(H,24,25)(H,26,27). The molecule has 0 aromatic heterocycles. The summed E-state index contributed by atoms with van der Waals surface area (Å²) in [6, 6.07) is 17.0. The van der Waals surface area contributed by atoms with Crippen molar-refractivity contribution in [2.75, 3.05) is 13.1 Å². The Hall–Kier alpha value is -3.88. The molecule has 9 heteroatoms. The van der Waals surface area contributed by atoms with E-state index in [1.54, 1.807) is 36.4 Å². The lowest BCUT2D eigenvalue weighted by Crippen LogP contribution is -2.51. The fourth-order valence-electron chi connectivity index (χ4n) is 2.52. The summed E-state index contributed by atoms with van der Waals surface area (Å²) in [6.45, 7) is -0.905. The number of carbonyl (C=O) groups excluding carboxylic acids is 3. The molecular weight excluding hydrogens is 390 g/mol. The smallest absolute Gasteiger partial charge is 0.407 e. The first-order valence-corrected chi connectivity index (χ1v) is 9.21. The number of alkyl carbamates (subject to hydrolysis) is 1. The van der Waals surface area contributed by atoms with Gasteiger partial charge in [0.1, 0.15) is 25.7 Å². The van der Waals surface area contributed by atoms with E-state index in [0.717, 1.165) is 11.1 Å². The number of carboxylic acids is 1. The van der Waals surface area contributed by atoms with Crippen LogP contribution in [-0.4, -0.2) is 48.1 Å². The monoisotopic (exact) mass is 413 g/mol. The van der Waals surface area contributed by atoms with Crippen molar-refractivity contribution in [1.82, 2.24) is 16.0 Å². The van der Waals surface area contributed by atoms with E-state index in [-0.39, 0.29) is 13.0 Å². The van der Waals surface area contributed by atoms with Gasteiger partial charge in [-0.1, -0.05) is 60.7 Å². The SMILES string of the molecule is O=C(O)CNC(=O)C(Cc1ccccc1)NC(=O)CNC(=O)OCc1ccccc1. The van der Waals surface area contributed by atoms with Crippen molar-refractivity contribution >= 4 is 23.9 Å². The fraction of sp³-hybridized carbons (Fsp3) is 0.238. The summed E-state index contributed by atoms with van der Waals surface area (Å²) in [5, 5.41) is 15.8. The van der Waals surface area contributed by atoms with Crippen LogP contribution in [0.5, 0.6) is 0 Å². The van der Waals surface area contributed by atoms with Gasteiger partial charge >= 0.3 is 12.1 Å². The number of carboxylic acid groups (broad SMARTS) is 1. The number of nitrogens with one attached hydrogen (secondary N) is 3. The maximum Gasteiger partial charge on any atom is 0.407 e. The topological polar surface area (TPSA) is 134 Å². The third-order valence-corrected chi connectivity index (χ3v) is 3.95. The predicted octanol–water partition coefficient (Wildman–Crippen LogP) is 0.841. The van der Waals surface area contributed by atoms with Gasteiger partial charge < -0.3 is 25.8 Å². The van der Waals surface area contributed by atoms with Crippen molar-refractivity contribution in [2.45, 2.75) is 19.1 Å². The molecule has 0 bridgehead atoms. The van der Waals surface area contributed by atoms with Crippen molar-refractivity contribution in [1.29, 1.82) is 0 Å². The van der Waals surface area contributed by atoms with Crippen LogP contribution >= 0.6 is 0 Å². The molecule has 0 aliphatic rings. The Morgan fingerprint density at radius 1 is 0.833 bits per heavy atom. The van der Waals surface area contributed by atoms with Gasteiger partial charge in [-0.3, -0.25) is 14.4 Å². The van der Waals surface area contributed by atoms with E-state index in [2.05, 4.69) is 16.0 Å². The zero-order chi connectivity index (χ0) is 21.8. The minimum Gasteiger partial charge on any atom is -0.480 e. The lowest BCUT2D eigenvalue weighted by molar-refractivity contribution is -0.138. The van der Waals surface area contributed by atoms with Gasteiger partial charge in [0, 0.05) is 6.42 Å². The van der Waals surface area contributed by atoms with Crippen molar-refractivity contribution < 1.29 is 29.0 Å². The molecule has 1 unspecified atom stereocenters. The van der Waals surface area contributed by atoms with E-state index in [1.807, 2.05) is 24.3 Å².